The molecule has 0 radical (unpaired) electrons. The second-order valence-corrected chi connectivity index (χ2v) is 4.97. The van der Waals surface area contributed by atoms with E-state index in [4.69, 9.17) is 4.74 Å². The first kappa shape index (κ1) is 14.9. The third-order valence-electron chi connectivity index (χ3n) is 2.53. The molecule has 0 amide bonds. The first-order chi connectivity index (χ1) is 8.61. The van der Waals surface area contributed by atoms with Crippen LogP contribution in [-0.2, 0) is 11.3 Å². The first-order valence-electron chi connectivity index (χ1n) is 6.78. The molecule has 1 aromatic heterocycles. The number of anilines is 1. The Morgan fingerprint density at radius 3 is 2.78 bits per heavy atom. The molecule has 0 aromatic carbocycles. The molecule has 4 heteroatoms. The van der Waals surface area contributed by atoms with E-state index < -0.39 is 0 Å². The molecule has 18 heavy (non-hydrogen) atoms. The summed E-state index contributed by atoms with van der Waals surface area (Å²) >= 11 is 0. The Kier molecular flexibility index (Phi) is 6.65. The fourth-order valence-electron chi connectivity index (χ4n) is 1.52. The van der Waals surface area contributed by atoms with Crippen molar-refractivity contribution in [3.63, 3.8) is 0 Å². The fourth-order valence-corrected chi connectivity index (χ4v) is 1.52. The van der Waals surface area contributed by atoms with Gasteiger partial charge in [0, 0.05) is 24.9 Å². The average molecular weight is 251 g/mol. The molecule has 0 spiro atoms. The topological polar surface area (TPSA) is 47.0 Å². The van der Waals surface area contributed by atoms with E-state index in [1.54, 1.807) is 0 Å². The Bertz CT molecular complexity index is 353. The number of nitrogens with one attached hydrogen (secondary N) is 1. The Morgan fingerprint density at radius 1 is 1.33 bits per heavy atom. The van der Waals surface area contributed by atoms with E-state index in [0.717, 1.165) is 43.3 Å². The average Bonchev–Trinajstić information content (AvgIpc) is 2.31. The van der Waals surface area contributed by atoms with E-state index in [9.17, 15) is 0 Å². The van der Waals surface area contributed by atoms with Gasteiger partial charge >= 0.3 is 0 Å². The molecule has 102 valence electrons. The summed E-state index contributed by atoms with van der Waals surface area (Å²) in [4.78, 5) is 8.82. The van der Waals surface area contributed by atoms with Crippen LogP contribution in [0.5, 0.6) is 0 Å². The van der Waals surface area contributed by atoms with Gasteiger partial charge in [-0.05, 0) is 25.7 Å². The number of aromatic nitrogens is 2. The highest BCUT2D eigenvalue weighted by Crippen LogP contribution is 2.08. The van der Waals surface area contributed by atoms with Crippen LogP contribution in [0.15, 0.2) is 6.07 Å². The Morgan fingerprint density at radius 2 is 2.11 bits per heavy atom. The third-order valence-corrected chi connectivity index (χ3v) is 2.53. The van der Waals surface area contributed by atoms with Crippen LogP contribution in [0.1, 0.15) is 45.1 Å². The van der Waals surface area contributed by atoms with Crippen LogP contribution in [0.25, 0.3) is 0 Å². The molecular weight excluding hydrogens is 226 g/mol. The predicted molar refractivity (Wildman–Crippen MR) is 74.7 cm³/mol. The number of hydrogen-bond acceptors (Lipinski definition) is 4. The van der Waals surface area contributed by atoms with Gasteiger partial charge in [0.15, 0.2) is 5.82 Å². The van der Waals surface area contributed by atoms with Gasteiger partial charge in [0.25, 0.3) is 0 Å². The van der Waals surface area contributed by atoms with Crippen molar-refractivity contribution in [1.29, 1.82) is 0 Å². The fraction of sp³-hybridized carbons (Fsp3) is 0.714. The summed E-state index contributed by atoms with van der Waals surface area (Å²) in [5.74, 6) is 2.33. The normalized spacial score (nSPS) is 10.9. The predicted octanol–water partition coefficient (Wildman–Crippen LogP) is 3.17. The van der Waals surface area contributed by atoms with Crippen LogP contribution in [0.2, 0.25) is 0 Å². The van der Waals surface area contributed by atoms with Crippen molar-refractivity contribution in [2.45, 2.75) is 47.1 Å². The minimum Gasteiger partial charge on any atom is -0.373 e. The van der Waals surface area contributed by atoms with Crippen molar-refractivity contribution in [2.24, 2.45) is 5.92 Å². The van der Waals surface area contributed by atoms with Gasteiger partial charge in [-0.25, -0.2) is 9.97 Å². The van der Waals surface area contributed by atoms with Crippen LogP contribution in [0.3, 0.4) is 0 Å². The number of nitrogens with zero attached hydrogens (tertiary/aromatic N) is 2. The van der Waals surface area contributed by atoms with Gasteiger partial charge in [0.2, 0.25) is 0 Å². The summed E-state index contributed by atoms with van der Waals surface area (Å²) in [6.07, 6.45) is 2.16. The van der Waals surface area contributed by atoms with E-state index in [0.29, 0.717) is 12.5 Å². The van der Waals surface area contributed by atoms with Crippen molar-refractivity contribution in [3.8, 4) is 0 Å². The monoisotopic (exact) mass is 251 g/mol. The van der Waals surface area contributed by atoms with Crippen molar-refractivity contribution in [2.75, 3.05) is 18.5 Å². The van der Waals surface area contributed by atoms with Crippen LogP contribution in [-0.4, -0.2) is 23.1 Å². The van der Waals surface area contributed by atoms with Crippen LogP contribution in [0.4, 0.5) is 5.82 Å². The largest absolute Gasteiger partial charge is 0.373 e. The first-order valence-corrected chi connectivity index (χ1v) is 6.78. The lowest BCUT2D eigenvalue weighted by Crippen LogP contribution is -2.08. The molecule has 0 aliphatic rings. The van der Waals surface area contributed by atoms with Crippen molar-refractivity contribution in [1.82, 2.24) is 9.97 Å². The molecule has 0 aliphatic heterocycles. The molecule has 1 heterocycles. The second-order valence-electron chi connectivity index (χ2n) is 4.97. The lowest BCUT2D eigenvalue weighted by atomic mass is 10.1. The van der Waals surface area contributed by atoms with Gasteiger partial charge in [0.05, 0.1) is 0 Å². The second kappa shape index (κ2) is 8.03. The van der Waals surface area contributed by atoms with Gasteiger partial charge in [0.1, 0.15) is 12.4 Å². The number of hydrogen-bond donors (Lipinski definition) is 1. The lowest BCUT2D eigenvalue weighted by Gasteiger charge is -2.09. The molecule has 0 fully saturated rings. The molecule has 0 saturated carbocycles. The molecule has 4 nitrogen and oxygen atoms in total. The Balaban J connectivity index is 2.46. The Hall–Kier alpha value is -1.16. The van der Waals surface area contributed by atoms with E-state index in [1.807, 2.05) is 13.0 Å². The maximum Gasteiger partial charge on any atom is 0.156 e. The van der Waals surface area contributed by atoms with Gasteiger partial charge in [-0.3, -0.25) is 0 Å². The van der Waals surface area contributed by atoms with E-state index in [2.05, 4.69) is 36.1 Å². The number of aryl methyl sites for hydroxylation is 1. The van der Waals surface area contributed by atoms with E-state index >= 15 is 0 Å². The zero-order valence-electron chi connectivity index (χ0n) is 12.0. The summed E-state index contributed by atoms with van der Waals surface area (Å²) in [7, 11) is 0. The van der Waals surface area contributed by atoms with E-state index in [1.165, 1.54) is 0 Å². The van der Waals surface area contributed by atoms with Gasteiger partial charge in [-0.15, -0.1) is 0 Å². The minimum absolute atomic E-state index is 0.495. The Labute approximate surface area is 110 Å². The van der Waals surface area contributed by atoms with Crippen LogP contribution in [0, 0.1) is 12.8 Å². The quantitative estimate of drug-likeness (QED) is 0.721. The summed E-state index contributed by atoms with van der Waals surface area (Å²) in [5, 5.41) is 3.28. The lowest BCUT2D eigenvalue weighted by molar-refractivity contribution is 0.105. The van der Waals surface area contributed by atoms with Gasteiger partial charge in [-0.1, -0.05) is 20.8 Å². The summed E-state index contributed by atoms with van der Waals surface area (Å²) < 4.78 is 5.59. The molecule has 1 rings (SSSR count). The highest BCUT2D eigenvalue weighted by atomic mass is 16.5. The highest BCUT2D eigenvalue weighted by molar-refractivity contribution is 5.35. The molecular formula is C14H25N3O. The summed E-state index contributed by atoms with van der Waals surface area (Å²) in [6, 6.07) is 1.97. The van der Waals surface area contributed by atoms with Crippen LogP contribution >= 0.6 is 0 Å². The zero-order chi connectivity index (χ0) is 13.4. The minimum atomic E-state index is 0.495. The maximum atomic E-state index is 5.59. The van der Waals surface area contributed by atoms with Crippen molar-refractivity contribution in [3.05, 3.63) is 17.6 Å². The SMILES string of the molecule is CCCNc1cc(C)nc(COCCC(C)C)n1. The van der Waals surface area contributed by atoms with Crippen molar-refractivity contribution >= 4 is 5.82 Å². The third kappa shape index (κ3) is 5.96. The highest BCUT2D eigenvalue weighted by Gasteiger charge is 2.02. The van der Waals surface area contributed by atoms with Crippen molar-refractivity contribution < 1.29 is 4.74 Å². The zero-order valence-corrected chi connectivity index (χ0v) is 12.0. The van der Waals surface area contributed by atoms with E-state index in [-0.39, 0.29) is 0 Å². The number of ether oxygens (including phenoxy) is 1. The molecule has 0 unspecified atom stereocenters. The van der Waals surface area contributed by atoms with Crippen LogP contribution < -0.4 is 5.32 Å². The molecule has 1 N–H and O–H groups in total. The molecule has 0 bridgehead atoms. The molecule has 0 aliphatic carbocycles. The molecule has 0 atom stereocenters. The smallest absolute Gasteiger partial charge is 0.156 e. The summed E-state index contributed by atoms with van der Waals surface area (Å²) in [6.45, 7) is 10.7. The van der Waals surface area contributed by atoms with Gasteiger partial charge in [-0.2, -0.15) is 0 Å². The van der Waals surface area contributed by atoms with Gasteiger partial charge < -0.3 is 10.1 Å². The summed E-state index contributed by atoms with van der Waals surface area (Å²) in [5.41, 5.74) is 0.978. The molecule has 0 saturated heterocycles. The number of rotatable bonds is 8. The molecule has 1 aromatic rings. The standard InChI is InChI=1S/C14H25N3O/c1-5-7-15-13-9-12(4)16-14(17-13)10-18-8-6-11(2)3/h9,11H,5-8,10H2,1-4H3,(H,15,16,17). The maximum absolute atomic E-state index is 5.59.